The topological polar surface area (TPSA) is 63.6 Å². The van der Waals surface area contributed by atoms with E-state index < -0.39 is 11.8 Å². The molecule has 0 amide bonds. The number of benzene rings is 1. The van der Waals surface area contributed by atoms with Gasteiger partial charge in [0, 0.05) is 11.1 Å². The Labute approximate surface area is 97.3 Å². The van der Waals surface area contributed by atoms with Gasteiger partial charge in [-0.1, -0.05) is 0 Å². The first-order chi connectivity index (χ1) is 8.04. The Kier molecular flexibility index (Phi) is 4.39. The van der Waals surface area contributed by atoms with Gasteiger partial charge in [0.15, 0.2) is 11.6 Å². The van der Waals surface area contributed by atoms with Crippen molar-refractivity contribution >= 4 is 12.3 Å². The largest absolute Gasteiger partial charge is 0.486 e. The molecule has 0 unspecified atom stereocenters. The molecule has 0 aliphatic heterocycles. The van der Waals surface area contributed by atoms with Gasteiger partial charge in [-0.15, -0.1) is 0 Å². The number of carboxylic acids is 1. The number of carbonyl (C=O) groups excluding carboxylic acids is 1. The first kappa shape index (κ1) is 12.9. The maximum Gasteiger partial charge on any atom is 0.331 e. The molecule has 0 fully saturated rings. The lowest BCUT2D eigenvalue weighted by Crippen LogP contribution is -2.01. The van der Waals surface area contributed by atoms with E-state index in [-0.39, 0.29) is 23.5 Å². The van der Waals surface area contributed by atoms with Crippen molar-refractivity contribution in [3.63, 3.8) is 0 Å². The monoisotopic (exact) mass is 238 g/mol. The predicted octanol–water partition coefficient (Wildman–Crippen LogP) is 2.05. The third-order valence-electron chi connectivity index (χ3n) is 2.06. The molecule has 0 heterocycles. The molecule has 1 aromatic rings. The van der Waals surface area contributed by atoms with Crippen LogP contribution in [-0.2, 0) is 4.79 Å². The van der Waals surface area contributed by atoms with E-state index in [1.54, 1.807) is 0 Å². The van der Waals surface area contributed by atoms with Crippen LogP contribution < -0.4 is 4.74 Å². The Hall–Kier alpha value is -2.17. The number of carbonyl (C=O) groups is 2. The number of rotatable bonds is 5. The molecule has 0 atom stereocenters. The average Bonchev–Trinajstić information content (AvgIpc) is 2.30. The normalized spacial score (nSPS) is 11.1. The second-order valence-corrected chi connectivity index (χ2v) is 3.31. The van der Waals surface area contributed by atoms with Crippen LogP contribution in [0.1, 0.15) is 17.3 Å². The van der Waals surface area contributed by atoms with Gasteiger partial charge in [-0.05, 0) is 31.2 Å². The first-order valence-corrected chi connectivity index (χ1v) is 4.82. The van der Waals surface area contributed by atoms with Gasteiger partial charge in [-0.3, -0.25) is 4.79 Å². The lowest BCUT2D eigenvalue weighted by atomic mass is 10.2. The Morgan fingerprint density at radius 3 is 2.76 bits per heavy atom. The smallest absolute Gasteiger partial charge is 0.331 e. The summed E-state index contributed by atoms with van der Waals surface area (Å²) < 4.78 is 18.3. The molecule has 0 aliphatic rings. The van der Waals surface area contributed by atoms with Gasteiger partial charge in [-0.2, -0.15) is 0 Å². The zero-order valence-electron chi connectivity index (χ0n) is 9.14. The van der Waals surface area contributed by atoms with E-state index >= 15 is 0 Å². The number of ether oxygens (including phenoxy) is 1. The maximum atomic E-state index is 13.3. The van der Waals surface area contributed by atoms with Crippen LogP contribution in [0.5, 0.6) is 5.75 Å². The van der Waals surface area contributed by atoms with Gasteiger partial charge in [-0.25, -0.2) is 9.18 Å². The van der Waals surface area contributed by atoms with Crippen molar-refractivity contribution < 1.29 is 23.8 Å². The molecule has 1 aromatic carbocycles. The summed E-state index contributed by atoms with van der Waals surface area (Å²) in [6, 6.07) is 3.79. The van der Waals surface area contributed by atoms with Gasteiger partial charge in [0.05, 0.1) is 0 Å². The van der Waals surface area contributed by atoms with E-state index in [4.69, 9.17) is 9.84 Å². The summed E-state index contributed by atoms with van der Waals surface area (Å²) >= 11 is 0. The van der Waals surface area contributed by atoms with Crippen LogP contribution in [-0.4, -0.2) is 24.0 Å². The lowest BCUT2D eigenvalue weighted by Gasteiger charge is -2.05. The number of hydrogen-bond donors (Lipinski definition) is 1. The summed E-state index contributed by atoms with van der Waals surface area (Å²) in [5, 5.41) is 8.57. The number of halogens is 1. The lowest BCUT2D eigenvalue weighted by molar-refractivity contribution is -0.132. The summed E-state index contributed by atoms with van der Waals surface area (Å²) in [6.07, 6.45) is 1.86. The molecule has 0 aliphatic carbocycles. The molecule has 4 nitrogen and oxygen atoms in total. The van der Waals surface area contributed by atoms with E-state index in [0.29, 0.717) is 6.29 Å². The molecule has 5 heteroatoms. The number of aliphatic carboxylic acids is 1. The summed E-state index contributed by atoms with van der Waals surface area (Å²) in [6.45, 7) is 1.37. The minimum absolute atomic E-state index is 0.0231. The van der Waals surface area contributed by atoms with Crippen LogP contribution in [0.25, 0.3) is 0 Å². The molecule has 90 valence electrons. The number of aldehydes is 1. The van der Waals surface area contributed by atoms with Crippen LogP contribution in [0, 0.1) is 5.82 Å². The molecular weight excluding hydrogens is 227 g/mol. The molecular formula is C12H11FO4. The molecule has 0 radical (unpaired) electrons. The van der Waals surface area contributed by atoms with Crippen molar-refractivity contribution in [2.24, 2.45) is 0 Å². The highest BCUT2D eigenvalue weighted by molar-refractivity contribution is 5.85. The molecule has 0 bridgehead atoms. The Morgan fingerprint density at radius 1 is 1.53 bits per heavy atom. The van der Waals surface area contributed by atoms with Gasteiger partial charge in [0.1, 0.15) is 12.9 Å². The third-order valence-corrected chi connectivity index (χ3v) is 2.06. The van der Waals surface area contributed by atoms with Crippen LogP contribution in [0.4, 0.5) is 4.39 Å². The van der Waals surface area contributed by atoms with E-state index in [1.807, 2.05) is 0 Å². The number of carboxylic acid groups (broad SMARTS) is 1. The summed E-state index contributed by atoms with van der Waals surface area (Å²) in [4.78, 5) is 20.8. The molecule has 17 heavy (non-hydrogen) atoms. The van der Waals surface area contributed by atoms with Gasteiger partial charge in [0.25, 0.3) is 0 Å². The fourth-order valence-electron chi connectivity index (χ4n) is 1.05. The van der Waals surface area contributed by atoms with E-state index in [9.17, 15) is 14.0 Å². The Morgan fingerprint density at radius 2 is 2.24 bits per heavy atom. The van der Waals surface area contributed by atoms with Crippen molar-refractivity contribution in [2.75, 3.05) is 6.61 Å². The third kappa shape index (κ3) is 3.71. The first-order valence-electron chi connectivity index (χ1n) is 4.82. The fourth-order valence-corrected chi connectivity index (χ4v) is 1.05. The van der Waals surface area contributed by atoms with Crippen molar-refractivity contribution in [3.05, 3.63) is 41.2 Å². The second kappa shape index (κ2) is 5.79. The summed E-state index contributed by atoms with van der Waals surface area (Å²) in [7, 11) is 0. The van der Waals surface area contributed by atoms with Gasteiger partial charge < -0.3 is 9.84 Å². The minimum Gasteiger partial charge on any atom is -0.486 e. The predicted molar refractivity (Wildman–Crippen MR) is 58.7 cm³/mol. The van der Waals surface area contributed by atoms with E-state index in [2.05, 4.69) is 0 Å². The molecule has 1 N–H and O–H groups in total. The molecule has 0 saturated carbocycles. The highest BCUT2D eigenvalue weighted by atomic mass is 19.1. The van der Waals surface area contributed by atoms with Crippen LogP contribution in [0.2, 0.25) is 0 Å². The quantitative estimate of drug-likeness (QED) is 0.629. The highest BCUT2D eigenvalue weighted by Crippen LogP contribution is 2.17. The van der Waals surface area contributed by atoms with E-state index in [1.165, 1.54) is 25.1 Å². The molecule has 0 aromatic heterocycles. The van der Waals surface area contributed by atoms with Crippen LogP contribution in [0.3, 0.4) is 0 Å². The molecule has 0 spiro atoms. The Bertz CT molecular complexity index is 466. The molecule has 1 rings (SSSR count). The van der Waals surface area contributed by atoms with Crippen LogP contribution >= 0.6 is 0 Å². The van der Waals surface area contributed by atoms with Crippen molar-refractivity contribution in [2.45, 2.75) is 6.92 Å². The highest BCUT2D eigenvalue weighted by Gasteiger charge is 2.04. The zero-order valence-corrected chi connectivity index (χ0v) is 9.14. The van der Waals surface area contributed by atoms with Gasteiger partial charge >= 0.3 is 5.97 Å². The second-order valence-electron chi connectivity index (χ2n) is 3.31. The fraction of sp³-hybridized carbons (Fsp3) is 0.167. The minimum atomic E-state index is -1.05. The van der Waals surface area contributed by atoms with Crippen LogP contribution in [0.15, 0.2) is 29.8 Å². The molecule has 0 saturated heterocycles. The van der Waals surface area contributed by atoms with Gasteiger partial charge in [0.2, 0.25) is 0 Å². The SMILES string of the molecule is C/C(=C/COc1ccc(C=O)cc1F)C(=O)O. The standard InChI is InChI=1S/C12H11FO4/c1-8(12(15)16)4-5-17-11-3-2-9(7-14)6-10(11)13/h2-4,6-7H,5H2,1H3,(H,15,16)/b8-4-. The van der Waals surface area contributed by atoms with E-state index in [0.717, 1.165) is 6.07 Å². The zero-order chi connectivity index (χ0) is 12.8. The van der Waals surface area contributed by atoms with Crippen molar-refractivity contribution in [1.82, 2.24) is 0 Å². The van der Waals surface area contributed by atoms with Crippen molar-refractivity contribution in [3.8, 4) is 5.75 Å². The summed E-state index contributed by atoms with van der Waals surface area (Å²) in [5.74, 6) is -1.73. The summed E-state index contributed by atoms with van der Waals surface area (Å²) in [5.41, 5.74) is 0.335. The maximum absolute atomic E-state index is 13.3. The Balaban J connectivity index is 2.67. The number of hydrogen-bond acceptors (Lipinski definition) is 3. The average molecular weight is 238 g/mol. The van der Waals surface area contributed by atoms with Crippen molar-refractivity contribution in [1.29, 1.82) is 0 Å².